The fraction of sp³-hybridized carbons (Fsp3) is 0.400. The molecule has 0 aromatic heterocycles. The van der Waals surface area contributed by atoms with Crippen LogP contribution in [0.2, 0.25) is 0 Å². The van der Waals surface area contributed by atoms with Crippen LogP contribution in [0.4, 0.5) is 0 Å². The summed E-state index contributed by atoms with van der Waals surface area (Å²) >= 11 is 0. The Hall–Kier alpha value is -1.18. The van der Waals surface area contributed by atoms with Gasteiger partial charge in [0, 0.05) is 0 Å². The molecule has 1 N–H and O–H groups in total. The summed E-state index contributed by atoms with van der Waals surface area (Å²) in [7, 11) is 0. The van der Waals surface area contributed by atoms with Crippen molar-refractivity contribution in [3.05, 3.63) is 23.8 Å². The molecular weight excluding hydrogens is 152 g/mol. The lowest BCUT2D eigenvalue weighted by atomic mass is 10.2. The van der Waals surface area contributed by atoms with Gasteiger partial charge in [0.05, 0.1) is 6.61 Å². The Morgan fingerprint density at radius 3 is 2.75 bits per heavy atom. The molecule has 0 aliphatic rings. The van der Waals surface area contributed by atoms with Crippen molar-refractivity contribution in [3.63, 3.8) is 0 Å². The predicted octanol–water partition coefficient (Wildman–Crippen LogP) is 2.49. The molecule has 0 saturated heterocycles. The summed E-state index contributed by atoms with van der Waals surface area (Å²) in [4.78, 5) is 0. The molecule has 2 heteroatoms. The first-order valence-corrected chi connectivity index (χ1v) is 4.16. The first kappa shape index (κ1) is 8.91. The standard InChI is InChI=1S/C10H14O2/c1-3-6-12-10-5-4-9(11)7-8(10)2/h4-5,7,11H,3,6H2,1-2H3. The molecule has 0 aliphatic heterocycles. The first-order chi connectivity index (χ1) is 5.74. The number of benzene rings is 1. The van der Waals surface area contributed by atoms with Crippen molar-refractivity contribution in [1.82, 2.24) is 0 Å². The van der Waals surface area contributed by atoms with Gasteiger partial charge in [0.25, 0.3) is 0 Å². The summed E-state index contributed by atoms with van der Waals surface area (Å²) in [5, 5.41) is 9.11. The maximum Gasteiger partial charge on any atom is 0.122 e. The van der Waals surface area contributed by atoms with E-state index in [1.54, 1.807) is 18.2 Å². The van der Waals surface area contributed by atoms with Gasteiger partial charge in [-0.25, -0.2) is 0 Å². The van der Waals surface area contributed by atoms with Crippen molar-refractivity contribution in [1.29, 1.82) is 0 Å². The minimum atomic E-state index is 0.288. The van der Waals surface area contributed by atoms with Gasteiger partial charge in [-0.2, -0.15) is 0 Å². The monoisotopic (exact) mass is 166 g/mol. The number of rotatable bonds is 3. The van der Waals surface area contributed by atoms with E-state index in [-0.39, 0.29) is 5.75 Å². The third-order valence-electron chi connectivity index (χ3n) is 1.62. The molecule has 0 heterocycles. The van der Waals surface area contributed by atoms with Crippen molar-refractivity contribution in [2.24, 2.45) is 0 Å². The molecule has 0 atom stereocenters. The summed E-state index contributed by atoms with van der Waals surface area (Å²) in [6, 6.07) is 5.13. The van der Waals surface area contributed by atoms with Crippen LogP contribution in [0.1, 0.15) is 18.9 Å². The van der Waals surface area contributed by atoms with Gasteiger partial charge in [-0.3, -0.25) is 0 Å². The fourth-order valence-electron chi connectivity index (χ4n) is 1.01. The Morgan fingerprint density at radius 1 is 1.42 bits per heavy atom. The molecule has 12 heavy (non-hydrogen) atoms. The number of phenolic OH excluding ortho intramolecular Hbond substituents is 1. The van der Waals surface area contributed by atoms with Crippen LogP contribution in [0.15, 0.2) is 18.2 Å². The normalized spacial score (nSPS) is 9.83. The molecule has 0 spiro atoms. The van der Waals surface area contributed by atoms with Crippen LogP contribution >= 0.6 is 0 Å². The van der Waals surface area contributed by atoms with Crippen molar-refractivity contribution >= 4 is 0 Å². The van der Waals surface area contributed by atoms with Crippen LogP contribution in [0.25, 0.3) is 0 Å². The summed E-state index contributed by atoms with van der Waals surface area (Å²) in [6.07, 6.45) is 1.00. The van der Waals surface area contributed by atoms with E-state index in [1.807, 2.05) is 6.92 Å². The summed E-state index contributed by atoms with van der Waals surface area (Å²) in [6.45, 7) is 4.71. The lowest BCUT2D eigenvalue weighted by Gasteiger charge is -2.07. The van der Waals surface area contributed by atoms with Crippen LogP contribution in [0.5, 0.6) is 11.5 Å². The Balaban J connectivity index is 2.72. The SMILES string of the molecule is CCCOc1ccc(O)cc1C. The zero-order valence-corrected chi connectivity index (χ0v) is 7.50. The van der Waals surface area contributed by atoms with E-state index in [1.165, 1.54) is 0 Å². The molecule has 0 radical (unpaired) electrons. The molecular formula is C10H14O2. The van der Waals surface area contributed by atoms with Crippen molar-refractivity contribution in [3.8, 4) is 11.5 Å². The average molecular weight is 166 g/mol. The second-order valence-corrected chi connectivity index (χ2v) is 2.80. The molecule has 0 fully saturated rings. The lowest BCUT2D eigenvalue weighted by Crippen LogP contribution is -1.96. The zero-order chi connectivity index (χ0) is 8.97. The summed E-state index contributed by atoms with van der Waals surface area (Å²) in [5.74, 6) is 1.14. The molecule has 0 bridgehead atoms. The number of hydrogen-bond acceptors (Lipinski definition) is 2. The van der Waals surface area contributed by atoms with Gasteiger partial charge in [-0.1, -0.05) is 6.92 Å². The number of aromatic hydroxyl groups is 1. The Morgan fingerprint density at radius 2 is 2.17 bits per heavy atom. The van der Waals surface area contributed by atoms with Crippen molar-refractivity contribution < 1.29 is 9.84 Å². The van der Waals surface area contributed by atoms with Gasteiger partial charge < -0.3 is 9.84 Å². The quantitative estimate of drug-likeness (QED) is 0.747. The number of phenols is 1. The van der Waals surface area contributed by atoms with E-state index < -0.39 is 0 Å². The maximum atomic E-state index is 9.11. The molecule has 66 valence electrons. The highest BCUT2D eigenvalue weighted by Gasteiger charge is 1.98. The highest BCUT2D eigenvalue weighted by Crippen LogP contribution is 2.22. The van der Waals surface area contributed by atoms with E-state index in [4.69, 9.17) is 9.84 Å². The number of hydrogen-bond donors (Lipinski definition) is 1. The highest BCUT2D eigenvalue weighted by molar-refractivity contribution is 5.38. The minimum absolute atomic E-state index is 0.288. The molecule has 0 unspecified atom stereocenters. The van der Waals surface area contributed by atoms with E-state index in [0.717, 1.165) is 24.3 Å². The molecule has 0 aliphatic carbocycles. The van der Waals surface area contributed by atoms with Crippen LogP contribution in [-0.2, 0) is 0 Å². The van der Waals surface area contributed by atoms with Crippen LogP contribution in [0, 0.1) is 6.92 Å². The van der Waals surface area contributed by atoms with E-state index in [2.05, 4.69) is 6.92 Å². The van der Waals surface area contributed by atoms with Gasteiger partial charge in [0.1, 0.15) is 11.5 Å². The largest absolute Gasteiger partial charge is 0.508 e. The van der Waals surface area contributed by atoms with Gasteiger partial charge in [-0.15, -0.1) is 0 Å². The van der Waals surface area contributed by atoms with Crippen LogP contribution in [0.3, 0.4) is 0 Å². The highest BCUT2D eigenvalue weighted by atomic mass is 16.5. The minimum Gasteiger partial charge on any atom is -0.508 e. The summed E-state index contributed by atoms with van der Waals surface area (Å²) < 4.78 is 5.43. The third-order valence-corrected chi connectivity index (χ3v) is 1.62. The van der Waals surface area contributed by atoms with Crippen LogP contribution < -0.4 is 4.74 Å². The lowest BCUT2D eigenvalue weighted by molar-refractivity contribution is 0.314. The molecule has 0 amide bonds. The topological polar surface area (TPSA) is 29.5 Å². The number of aryl methyl sites for hydroxylation is 1. The maximum absolute atomic E-state index is 9.11. The van der Waals surface area contributed by atoms with E-state index in [0.29, 0.717) is 0 Å². The van der Waals surface area contributed by atoms with Crippen molar-refractivity contribution in [2.75, 3.05) is 6.61 Å². The molecule has 1 rings (SSSR count). The van der Waals surface area contributed by atoms with E-state index in [9.17, 15) is 0 Å². The fourth-order valence-corrected chi connectivity index (χ4v) is 1.01. The molecule has 1 aromatic carbocycles. The van der Waals surface area contributed by atoms with E-state index >= 15 is 0 Å². The number of ether oxygens (including phenoxy) is 1. The molecule has 1 aromatic rings. The predicted molar refractivity (Wildman–Crippen MR) is 48.6 cm³/mol. The molecule has 2 nitrogen and oxygen atoms in total. The summed E-state index contributed by atoms with van der Waals surface area (Å²) in [5.41, 5.74) is 0.975. The van der Waals surface area contributed by atoms with Gasteiger partial charge in [-0.05, 0) is 37.1 Å². The smallest absolute Gasteiger partial charge is 0.122 e. The van der Waals surface area contributed by atoms with Crippen LogP contribution in [-0.4, -0.2) is 11.7 Å². The third kappa shape index (κ3) is 2.16. The Kier molecular flexibility index (Phi) is 2.97. The second-order valence-electron chi connectivity index (χ2n) is 2.80. The first-order valence-electron chi connectivity index (χ1n) is 4.16. The van der Waals surface area contributed by atoms with Crippen molar-refractivity contribution in [2.45, 2.75) is 20.3 Å². The average Bonchev–Trinajstić information content (AvgIpc) is 2.03. The Labute approximate surface area is 72.8 Å². The Bertz CT molecular complexity index is 256. The molecule has 0 saturated carbocycles. The van der Waals surface area contributed by atoms with Gasteiger partial charge >= 0.3 is 0 Å². The van der Waals surface area contributed by atoms with Gasteiger partial charge in [0.2, 0.25) is 0 Å². The second kappa shape index (κ2) is 4.00. The van der Waals surface area contributed by atoms with Gasteiger partial charge in [0.15, 0.2) is 0 Å². The zero-order valence-electron chi connectivity index (χ0n) is 7.50.